The summed E-state index contributed by atoms with van der Waals surface area (Å²) in [6.45, 7) is 5.70. The van der Waals surface area contributed by atoms with Crippen LogP contribution >= 0.6 is 0 Å². The molecule has 2 heterocycles. The van der Waals surface area contributed by atoms with Crippen molar-refractivity contribution in [1.82, 2.24) is 9.96 Å². The van der Waals surface area contributed by atoms with Gasteiger partial charge in [0.05, 0.1) is 17.0 Å². The molecule has 1 saturated heterocycles. The summed E-state index contributed by atoms with van der Waals surface area (Å²) >= 11 is 0. The summed E-state index contributed by atoms with van der Waals surface area (Å²) in [6.07, 6.45) is 0.0127. The van der Waals surface area contributed by atoms with E-state index in [-0.39, 0.29) is 23.6 Å². The average Bonchev–Trinajstić information content (AvgIpc) is 3.29. The summed E-state index contributed by atoms with van der Waals surface area (Å²) in [5.41, 5.74) is 0.716. The smallest absolute Gasteiger partial charge is 0.410 e. The van der Waals surface area contributed by atoms with Crippen LogP contribution in [0.1, 0.15) is 47.1 Å². The van der Waals surface area contributed by atoms with Crippen molar-refractivity contribution in [3.63, 3.8) is 0 Å². The molecule has 0 aliphatic carbocycles. The second kappa shape index (κ2) is 8.69. The number of likely N-dealkylation sites (tertiary alicyclic amines) is 1. The molecule has 2 aromatic rings. The highest BCUT2D eigenvalue weighted by molar-refractivity contribution is 6.20. The number of imide groups is 1. The van der Waals surface area contributed by atoms with Gasteiger partial charge in [-0.05, 0) is 50.8 Å². The molecule has 3 amide bonds. The molecule has 0 saturated carbocycles. The van der Waals surface area contributed by atoms with Gasteiger partial charge in [-0.2, -0.15) is 0 Å². The number of hydrogen-bond donors (Lipinski definition) is 0. The number of benzene rings is 2. The molecule has 4 rings (SSSR count). The summed E-state index contributed by atoms with van der Waals surface area (Å²) in [6, 6.07) is 15.9. The van der Waals surface area contributed by atoms with E-state index in [1.54, 1.807) is 32.9 Å². The van der Waals surface area contributed by atoms with Crippen LogP contribution < -0.4 is 0 Å². The molecule has 0 N–H and O–H groups in total. The number of carbonyl (C=O) groups is 4. The van der Waals surface area contributed by atoms with Gasteiger partial charge >= 0.3 is 12.1 Å². The van der Waals surface area contributed by atoms with Crippen molar-refractivity contribution >= 4 is 23.9 Å². The van der Waals surface area contributed by atoms with E-state index in [4.69, 9.17) is 9.57 Å². The van der Waals surface area contributed by atoms with Gasteiger partial charge in [-0.15, -0.1) is 0 Å². The van der Waals surface area contributed by atoms with E-state index >= 15 is 0 Å². The van der Waals surface area contributed by atoms with Crippen LogP contribution in [0.15, 0.2) is 54.6 Å². The van der Waals surface area contributed by atoms with Gasteiger partial charge in [0, 0.05) is 13.1 Å². The first-order valence-electron chi connectivity index (χ1n) is 10.9. The normalized spacial score (nSPS) is 20.1. The highest BCUT2D eigenvalue weighted by Gasteiger charge is 2.45. The number of rotatable bonds is 4. The third kappa shape index (κ3) is 4.74. The predicted octanol–water partition coefficient (Wildman–Crippen LogP) is 3.47. The van der Waals surface area contributed by atoms with Crippen LogP contribution in [0.5, 0.6) is 0 Å². The van der Waals surface area contributed by atoms with E-state index in [1.165, 1.54) is 17.0 Å². The lowest BCUT2D eigenvalue weighted by Crippen LogP contribution is -2.38. The van der Waals surface area contributed by atoms with E-state index < -0.39 is 35.4 Å². The minimum atomic E-state index is -0.725. The molecule has 33 heavy (non-hydrogen) atoms. The Hall–Kier alpha value is -3.68. The fourth-order valence-corrected chi connectivity index (χ4v) is 4.15. The van der Waals surface area contributed by atoms with Gasteiger partial charge < -0.3 is 14.5 Å². The average molecular weight is 450 g/mol. The van der Waals surface area contributed by atoms with Gasteiger partial charge in [0.2, 0.25) is 0 Å². The monoisotopic (exact) mass is 450 g/mol. The number of hydrogen-bond acceptors (Lipinski definition) is 6. The molecule has 8 nitrogen and oxygen atoms in total. The number of ether oxygens (including phenoxy) is 1. The molecule has 172 valence electrons. The number of carbonyl (C=O) groups excluding carboxylic acids is 4. The van der Waals surface area contributed by atoms with Gasteiger partial charge in [-0.1, -0.05) is 47.5 Å². The van der Waals surface area contributed by atoms with E-state index in [9.17, 15) is 19.2 Å². The van der Waals surface area contributed by atoms with E-state index in [0.717, 1.165) is 5.56 Å². The Morgan fingerprint density at radius 3 is 2.06 bits per heavy atom. The van der Waals surface area contributed by atoms with Crippen molar-refractivity contribution in [1.29, 1.82) is 0 Å². The predicted molar refractivity (Wildman–Crippen MR) is 118 cm³/mol. The summed E-state index contributed by atoms with van der Waals surface area (Å²) in [4.78, 5) is 57.8. The maximum absolute atomic E-state index is 13.2. The highest BCUT2D eigenvalue weighted by Crippen LogP contribution is 2.31. The first-order valence-corrected chi connectivity index (χ1v) is 10.9. The quantitative estimate of drug-likeness (QED) is 0.663. The lowest BCUT2D eigenvalue weighted by atomic mass is 9.90. The SMILES string of the molecule is CC(C)(C)OC(=O)N1C[C@@H](Cc2ccccc2)[C@H](C(=O)ON2C(=O)c3ccccc3C2=O)C1. The van der Waals surface area contributed by atoms with Crippen LogP contribution in [0.4, 0.5) is 4.79 Å². The second-order valence-electron chi connectivity index (χ2n) is 9.30. The zero-order valence-corrected chi connectivity index (χ0v) is 18.8. The van der Waals surface area contributed by atoms with Crippen LogP contribution in [0, 0.1) is 11.8 Å². The third-order valence-corrected chi connectivity index (χ3v) is 5.67. The van der Waals surface area contributed by atoms with E-state index in [1.807, 2.05) is 30.3 Å². The Kier molecular flexibility index (Phi) is 5.93. The van der Waals surface area contributed by atoms with Gasteiger partial charge in [0.25, 0.3) is 11.8 Å². The Morgan fingerprint density at radius 2 is 1.48 bits per heavy atom. The van der Waals surface area contributed by atoms with Gasteiger partial charge in [-0.3, -0.25) is 9.59 Å². The fourth-order valence-electron chi connectivity index (χ4n) is 4.15. The minimum absolute atomic E-state index is 0.0778. The molecule has 8 heteroatoms. The molecule has 2 aromatic carbocycles. The lowest BCUT2D eigenvalue weighted by Gasteiger charge is -2.24. The Balaban J connectivity index is 1.52. The van der Waals surface area contributed by atoms with Crippen LogP contribution in [-0.2, 0) is 20.8 Å². The van der Waals surface area contributed by atoms with Crippen molar-refractivity contribution in [3.05, 3.63) is 71.3 Å². The van der Waals surface area contributed by atoms with Crippen LogP contribution in [0.3, 0.4) is 0 Å². The fraction of sp³-hybridized carbons (Fsp3) is 0.360. The molecular formula is C25H26N2O6. The molecular weight excluding hydrogens is 424 g/mol. The Labute approximate surface area is 192 Å². The molecule has 2 atom stereocenters. The van der Waals surface area contributed by atoms with Crippen molar-refractivity contribution < 1.29 is 28.8 Å². The maximum atomic E-state index is 13.2. The van der Waals surface area contributed by atoms with Crippen molar-refractivity contribution in [3.8, 4) is 0 Å². The molecule has 2 aliphatic rings. The third-order valence-electron chi connectivity index (χ3n) is 5.67. The van der Waals surface area contributed by atoms with Crippen molar-refractivity contribution in [2.75, 3.05) is 13.1 Å². The van der Waals surface area contributed by atoms with Crippen molar-refractivity contribution in [2.45, 2.75) is 32.8 Å². The van der Waals surface area contributed by atoms with Crippen LogP contribution in [0.2, 0.25) is 0 Å². The summed E-state index contributed by atoms with van der Waals surface area (Å²) < 4.78 is 5.47. The van der Waals surface area contributed by atoms with Gasteiger partial charge in [0.15, 0.2) is 0 Å². The second-order valence-corrected chi connectivity index (χ2v) is 9.30. The first-order chi connectivity index (χ1) is 15.6. The summed E-state index contributed by atoms with van der Waals surface area (Å²) in [7, 11) is 0. The standard InChI is InChI=1S/C25H26N2O6/c1-25(2,3)32-24(31)26-14-17(13-16-9-5-4-6-10-16)20(15-26)23(30)33-27-21(28)18-11-7-8-12-19(18)22(27)29/h4-12,17,20H,13-15H2,1-3H3/t17-,20-/m1/s1. The summed E-state index contributed by atoms with van der Waals surface area (Å²) in [5, 5.41) is 0.517. The molecule has 1 fully saturated rings. The van der Waals surface area contributed by atoms with Crippen LogP contribution in [0.25, 0.3) is 0 Å². The molecule has 0 unspecified atom stereocenters. The number of nitrogens with zero attached hydrogens (tertiary/aromatic N) is 2. The Bertz CT molecular complexity index is 1060. The van der Waals surface area contributed by atoms with E-state index in [2.05, 4.69) is 0 Å². The first kappa shape index (κ1) is 22.5. The zero-order chi connectivity index (χ0) is 23.8. The maximum Gasteiger partial charge on any atom is 0.410 e. The number of hydroxylamine groups is 2. The van der Waals surface area contributed by atoms with Crippen LogP contribution in [-0.4, -0.2) is 52.5 Å². The lowest BCUT2D eigenvalue weighted by molar-refractivity contribution is -0.174. The number of amides is 3. The topological polar surface area (TPSA) is 93.2 Å². The van der Waals surface area contributed by atoms with E-state index in [0.29, 0.717) is 18.0 Å². The molecule has 0 radical (unpaired) electrons. The van der Waals surface area contributed by atoms with Gasteiger partial charge in [-0.25, -0.2) is 9.59 Å². The minimum Gasteiger partial charge on any atom is -0.444 e. The molecule has 0 aromatic heterocycles. The van der Waals surface area contributed by atoms with Crippen molar-refractivity contribution in [2.24, 2.45) is 11.8 Å². The molecule has 0 spiro atoms. The Morgan fingerprint density at radius 1 is 0.909 bits per heavy atom. The highest BCUT2D eigenvalue weighted by atomic mass is 16.7. The largest absolute Gasteiger partial charge is 0.444 e. The summed E-state index contributed by atoms with van der Waals surface area (Å²) in [5.74, 6) is -3.06. The zero-order valence-electron chi connectivity index (χ0n) is 18.8. The van der Waals surface area contributed by atoms with Gasteiger partial charge in [0.1, 0.15) is 5.60 Å². The number of fused-ring (bicyclic) bond motifs is 1. The molecule has 0 bridgehead atoms. The molecule has 2 aliphatic heterocycles.